The number of aliphatic hydroxyl groups is 1. The number of allylic oxidation sites excluding steroid dienone is 5. The minimum Gasteiger partial charge on any atom is -0.518 e. The van der Waals surface area contributed by atoms with Crippen LogP contribution in [-0.2, 0) is 74.9 Å². The smallest absolute Gasteiger partial charge is 0.116 e. The Hall–Kier alpha value is 1.18. The van der Waals surface area contributed by atoms with Gasteiger partial charge in [0.1, 0.15) is 6.29 Å². The Morgan fingerprint density at radius 3 is 0.804 bits per heavy atom. The van der Waals surface area contributed by atoms with Crippen LogP contribution in [0, 0.1) is 13.2 Å². The normalized spacial score (nSPS) is 5.67. The summed E-state index contributed by atoms with van der Waals surface area (Å²) in [4.78, 5) is 8.81. The van der Waals surface area contributed by atoms with Gasteiger partial charge in [-0.3, -0.25) is 12.2 Å². The average Bonchev–Trinajstić information content (AvgIpc) is 3.06. The molecule has 0 bridgehead atoms. The summed E-state index contributed by atoms with van der Waals surface area (Å²) < 4.78 is 4.51. The maximum absolute atomic E-state index is 8.81. The molecule has 46 heavy (non-hydrogen) atoms. The topological polar surface area (TPSA) is 161 Å². The number of nitrogens with one attached hydrogen (secondary N) is 3. The van der Waals surface area contributed by atoms with Gasteiger partial charge < -0.3 is 60.9 Å². The maximum atomic E-state index is 8.81. The zero-order chi connectivity index (χ0) is 38.6. The van der Waals surface area contributed by atoms with Crippen molar-refractivity contribution in [3.05, 3.63) is 62.2 Å². The summed E-state index contributed by atoms with van der Waals surface area (Å²) in [6.07, 6.45) is 22.4. The molecule has 0 aliphatic heterocycles. The van der Waals surface area contributed by atoms with Gasteiger partial charge in [0.2, 0.25) is 0 Å². The molecular formula is C31H84N6O3S4Y2-2. The van der Waals surface area contributed by atoms with Crippen LogP contribution in [0.25, 0.3) is 0 Å². The standard InChI is InChI=1S/2C4H9N.C4H8O.2C3H5.C2H7N.C2H4O.C2H6S2.3CH5N.CH4O.2CH4S.CH4.2Y/c3*1-3-4-5-2;3*1-3-2;1-2-3;1-3-4-2;6*1-2;;;/h2*3-5H,1-2H3;3-4H,1-2H3;2*1,3H,2H3;3H,1-2H3;2H,1H3;1-2H3;3*2H2,1H3;3*2H,1H3;1H4;;/q;;;2*-1;;;;;;;;;;;;. The second-order valence-corrected chi connectivity index (χ2v) is 6.68. The molecule has 0 aromatic rings. The van der Waals surface area contributed by atoms with E-state index < -0.39 is 0 Å². The quantitative estimate of drug-likeness (QED) is 0.0509. The van der Waals surface area contributed by atoms with Gasteiger partial charge in [0.25, 0.3) is 0 Å². The summed E-state index contributed by atoms with van der Waals surface area (Å²) in [6.45, 7) is 20.3. The Labute approximate surface area is 362 Å². The van der Waals surface area contributed by atoms with Gasteiger partial charge in [0, 0.05) is 86.6 Å². The van der Waals surface area contributed by atoms with Crippen LogP contribution in [0.5, 0.6) is 0 Å². The summed E-state index contributed by atoms with van der Waals surface area (Å²) in [6, 6.07) is 0. The molecule has 0 saturated heterocycles. The van der Waals surface area contributed by atoms with Crippen molar-refractivity contribution in [1.29, 1.82) is 0 Å². The zero-order valence-corrected chi connectivity index (χ0v) is 41.8. The molecule has 0 heterocycles. The molecule has 0 aliphatic rings. The second-order valence-electron chi connectivity index (χ2n) is 4.02. The molecule has 10 N–H and O–H groups in total. The molecule has 0 saturated carbocycles. The van der Waals surface area contributed by atoms with Gasteiger partial charge >= 0.3 is 0 Å². The number of ether oxygens (including phenoxy) is 1. The van der Waals surface area contributed by atoms with E-state index in [2.05, 4.69) is 75.7 Å². The third kappa shape index (κ3) is 1320. The Bertz CT molecular complexity index is 302. The van der Waals surface area contributed by atoms with E-state index in [0.717, 1.165) is 13.4 Å². The third-order valence-electron chi connectivity index (χ3n) is 1.11. The zero-order valence-electron chi connectivity index (χ0n) is 32.7. The minimum absolute atomic E-state index is 0. The molecule has 0 aliphatic carbocycles. The first-order chi connectivity index (χ1) is 20.8. The van der Waals surface area contributed by atoms with Crippen LogP contribution in [0.4, 0.5) is 0 Å². The van der Waals surface area contributed by atoms with E-state index in [9.17, 15) is 0 Å². The van der Waals surface area contributed by atoms with Crippen molar-refractivity contribution in [2.75, 3.05) is 88.6 Å². The number of methoxy groups -OCH3 is 1. The Morgan fingerprint density at radius 1 is 0.652 bits per heavy atom. The molecule has 0 atom stereocenters. The monoisotopic (exact) mass is 894 g/mol. The van der Waals surface area contributed by atoms with Gasteiger partial charge in [-0.05, 0) is 100 Å². The molecule has 0 aromatic heterocycles. The van der Waals surface area contributed by atoms with E-state index >= 15 is 0 Å². The first kappa shape index (κ1) is 110. The van der Waals surface area contributed by atoms with Crippen LogP contribution in [0.1, 0.15) is 49.0 Å². The van der Waals surface area contributed by atoms with Crippen molar-refractivity contribution in [3.63, 3.8) is 0 Å². The number of carbonyl (C=O) groups is 1. The number of hydrogen-bond acceptors (Lipinski definition) is 13. The number of aliphatic hydroxyl groups excluding tert-OH is 1. The number of thiol groups is 2. The molecule has 0 rings (SSSR count). The van der Waals surface area contributed by atoms with Crippen LogP contribution in [-0.4, -0.2) is 100.0 Å². The van der Waals surface area contributed by atoms with Crippen molar-refractivity contribution < 1.29 is 80.1 Å². The molecule has 0 fully saturated rings. The number of hydrogen-bond donors (Lipinski definition) is 9. The number of rotatable bonds is 4. The van der Waals surface area contributed by atoms with E-state index in [1.807, 2.05) is 79.6 Å². The SMILES string of the molecule is C.CC=CNC.CC=CNC.CC=COC.CC=O.CN.CN.CN.CNC.CO.CS.CS.CSSC.[CH-]=CC.[CH-]=CC.[Y].[Y]. The molecule has 0 unspecified atom stereocenters. The predicted octanol–water partition coefficient (Wildman–Crippen LogP) is 6.36. The third-order valence-corrected chi connectivity index (χ3v) is 2.44. The largest absolute Gasteiger partial charge is 0.518 e. The Kier molecular flexibility index (Phi) is 865. The maximum Gasteiger partial charge on any atom is 0.116 e. The van der Waals surface area contributed by atoms with Crippen molar-refractivity contribution in [3.8, 4) is 0 Å². The molecule has 288 valence electrons. The van der Waals surface area contributed by atoms with E-state index in [1.165, 1.54) is 40.2 Å². The van der Waals surface area contributed by atoms with E-state index in [0.29, 0.717) is 0 Å². The molecule has 0 spiro atoms. The fraction of sp³-hybridized carbons (Fsp3) is 0.645. The van der Waals surface area contributed by atoms with Crippen molar-refractivity contribution in [2.45, 2.75) is 49.0 Å². The van der Waals surface area contributed by atoms with Crippen LogP contribution >= 0.6 is 46.8 Å². The predicted molar refractivity (Wildman–Crippen MR) is 227 cm³/mol. The Morgan fingerprint density at radius 2 is 0.804 bits per heavy atom. The molecule has 0 amide bonds. The van der Waals surface area contributed by atoms with Gasteiger partial charge in [-0.15, -0.1) is 0 Å². The van der Waals surface area contributed by atoms with Gasteiger partial charge in [-0.1, -0.05) is 61.1 Å². The fourth-order valence-corrected chi connectivity index (χ4v) is 0.469. The van der Waals surface area contributed by atoms with Gasteiger partial charge in [-0.2, -0.15) is 25.3 Å². The van der Waals surface area contributed by atoms with Gasteiger partial charge in [-0.25, -0.2) is 0 Å². The molecule has 2 radical (unpaired) electrons. The summed E-state index contributed by atoms with van der Waals surface area (Å²) >= 11 is 7.06. The number of aldehydes is 1. The Balaban J connectivity index is -0.0000000133. The molecular weight excluding hydrogens is 810 g/mol. The van der Waals surface area contributed by atoms with Gasteiger partial charge in [0.15, 0.2) is 0 Å². The molecule has 0 aromatic carbocycles. The average molecular weight is 895 g/mol. The van der Waals surface area contributed by atoms with E-state index in [4.69, 9.17) is 23.1 Å². The summed E-state index contributed by atoms with van der Waals surface area (Å²) in [7, 11) is 18.2. The number of carbonyl (C=O) groups excluding carboxylic acids is 1. The molecule has 9 nitrogen and oxygen atoms in total. The van der Waals surface area contributed by atoms with Crippen LogP contribution in [0.3, 0.4) is 0 Å². The molecule has 15 heteroatoms. The van der Waals surface area contributed by atoms with Crippen molar-refractivity contribution >= 4 is 53.1 Å². The second kappa shape index (κ2) is 360. The van der Waals surface area contributed by atoms with Crippen molar-refractivity contribution in [1.82, 2.24) is 16.0 Å². The van der Waals surface area contributed by atoms with Crippen LogP contribution in [0.15, 0.2) is 49.0 Å². The first-order valence-electron chi connectivity index (χ1n) is 12.6. The summed E-state index contributed by atoms with van der Waals surface area (Å²) in [5.41, 5.74) is 13.5. The van der Waals surface area contributed by atoms with E-state index in [-0.39, 0.29) is 72.8 Å². The van der Waals surface area contributed by atoms with Gasteiger partial charge in [0.05, 0.1) is 13.4 Å². The number of nitrogens with two attached hydrogens (primary N) is 3. The van der Waals surface area contributed by atoms with Crippen LogP contribution in [0.2, 0.25) is 0 Å². The summed E-state index contributed by atoms with van der Waals surface area (Å²) in [5, 5.41) is 15.4. The fourth-order valence-electron chi connectivity index (χ4n) is 0.469. The van der Waals surface area contributed by atoms with Crippen molar-refractivity contribution in [2.24, 2.45) is 17.2 Å². The minimum atomic E-state index is 0. The van der Waals surface area contributed by atoms with Crippen LogP contribution < -0.4 is 33.2 Å². The van der Waals surface area contributed by atoms with E-state index in [1.54, 1.807) is 61.3 Å². The first-order valence-corrected chi connectivity index (χ1v) is 17.4. The summed E-state index contributed by atoms with van der Waals surface area (Å²) in [5.74, 6) is 0.